The predicted molar refractivity (Wildman–Crippen MR) is 83.0 cm³/mol. The number of terminal acetylenes is 1. The molecule has 0 amide bonds. The van der Waals surface area contributed by atoms with Crippen LogP contribution >= 0.6 is 0 Å². The van der Waals surface area contributed by atoms with Crippen molar-refractivity contribution in [3.8, 4) is 12.3 Å². The van der Waals surface area contributed by atoms with Crippen LogP contribution in [0.5, 0.6) is 0 Å². The second kappa shape index (κ2) is 6.10. The molecule has 100 valence electrons. The van der Waals surface area contributed by atoms with Crippen LogP contribution in [0.2, 0.25) is 0 Å². The zero-order valence-electron chi connectivity index (χ0n) is 10.5. The average Bonchev–Trinajstić information content (AvgIpc) is 2.68. The molecule has 0 fully saturated rings. The monoisotopic (exact) mass is 244 g/mol. The number of hydrogen-bond donors (Lipinski definition) is 0. The summed E-state index contributed by atoms with van der Waals surface area (Å²) in [6, 6.07) is 6.48. The first kappa shape index (κ1) is 16.8. The molecule has 0 heterocycles. The van der Waals surface area contributed by atoms with E-state index < -0.39 is 0 Å². The number of fused-ring (bicyclic) bond motifs is 1. The second-order valence-corrected chi connectivity index (χ2v) is 5.14. The molecule has 1 aromatic carbocycles. The lowest BCUT2D eigenvalue weighted by Crippen LogP contribution is -2.28. The zero-order valence-corrected chi connectivity index (χ0v) is 10.5. The van der Waals surface area contributed by atoms with E-state index in [2.05, 4.69) is 44.9 Å². The van der Waals surface area contributed by atoms with Gasteiger partial charge in [-0.05, 0) is 47.8 Å². The van der Waals surface area contributed by atoms with E-state index >= 15 is 0 Å². The third-order valence-electron chi connectivity index (χ3n) is 4.43. The van der Waals surface area contributed by atoms with Gasteiger partial charge in [0.05, 0.1) is 0 Å². The average molecular weight is 244 g/mol. The van der Waals surface area contributed by atoms with Crippen LogP contribution in [0, 0.1) is 18.3 Å². The molecule has 1 atom stereocenters. The molecule has 1 aliphatic carbocycles. The van der Waals surface area contributed by atoms with Crippen molar-refractivity contribution in [1.82, 2.24) is 0 Å². The van der Waals surface area contributed by atoms with E-state index in [1.165, 1.54) is 24.0 Å². The molecule has 0 saturated carbocycles. The van der Waals surface area contributed by atoms with Crippen LogP contribution in [0.25, 0.3) is 0 Å². The van der Waals surface area contributed by atoms with Crippen molar-refractivity contribution < 1.29 is 0 Å². The summed E-state index contributed by atoms with van der Waals surface area (Å²) in [5, 5.41) is 0. The first-order chi connectivity index (χ1) is 7.65. The van der Waals surface area contributed by atoms with Gasteiger partial charge in [0.2, 0.25) is 0 Å². The number of hydrogen-bond acceptors (Lipinski definition) is 0. The van der Waals surface area contributed by atoms with Crippen LogP contribution in [-0.2, 0) is 11.8 Å². The SMILES string of the molecule is C.C.C#Cc1cccc2c1CCC2(CC)C(C)C. The summed E-state index contributed by atoms with van der Waals surface area (Å²) >= 11 is 0. The molecule has 0 radical (unpaired) electrons. The minimum Gasteiger partial charge on any atom is -0.115 e. The molecule has 0 aliphatic heterocycles. The van der Waals surface area contributed by atoms with E-state index in [1.807, 2.05) is 0 Å². The van der Waals surface area contributed by atoms with Gasteiger partial charge < -0.3 is 0 Å². The highest BCUT2D eigenvalue weighted by Gasteiger charge is 2.40. The Balaban J connectivity index is 0.00000144. The fraction of sp³-hybridized carbons (Fsp3) is 0.556. The van der Waals surface area contributed by atoms with E-state index in [0.717, 1.165) is 12.0 Å². The van der Waals surface area contributed by atoms with Gasteiger partial charge in [0.25, 0.3) is 0 Å². The summed E-state index contributed by atoms with van der Waals surface area (Å²) < 4.78 is 0. The molecule has 0 spiro atoms. The topological polar surface area (TPSA) is 0 Å². The molecular weight excluding hydrogens is 216 g/mol. The van der Waals surface area contributed by atoms with Crippen molar-refractivity contribution in [3.63, 3.8) is 0 Å². The molecule has 1 unspecified atom stereocenters. The van der Waals surface area contributed by atoms with Crippen LogP contribution in [0.3, 0.4) is 0 Å². The molecule has 0 heteroatoms. The smallest absolute Gasteiger partial charge is 0.0277 e. The maximum atomic E-state index is 5.58. The Labute approximate surface area is 114 Å². The summed E-state index contributed by atoms with van der Waals surface area (Å²) in [4.78, 5) is 0. The summed E-state index contributed by atoms with van der Waals surface area (Å²) in [7, 11) is 0. The van der Waals surface area contributed by atoms with Crippen molar-refractivity contribution in [2.24, 2.45) is 5.92 Å². The van der Waals surface area contributed by atoms with Crippen LogP contribution in [0.15, 0.2) is 18.2 Å². The Bertz CT molecular complexity index is 434. The predicted octanol–water partition coefficient (Wildman–Crippen LogP) is 5.19. The van der Waals surface area contributed by atoms with Crippen molar-refractivity contribution in [2.45, 2.75) is 60.3 Å². The van der Waals surface area contributed by atoms with E-state index in [0.29, 0.717) is 11.3 Å². The molecular formula is C18H28. The van der Waals surface area contributed by atoms with Gasteiger partial charge in [-0.1, -0.05) is 53.7 Å². The lowest BCUT2D eigenvalue weighted by atomic mass is 9.70. The third-order valence-corrected chi connectivity index (χ3v) is 4.43. The van der Waals surface area contributed by atoms with Gasteiger partial charge >= 0.3 is 0 Å². The fourth-order valence-electron chi connectivity index (χ4n) is 3.32. The van der Waals surface area contributed by atoms with Gasteiger partial charge in [0.15, 0.2) is 0 Å². The van der Waals surface area contributed by atoms with Crippen LogP contribution in [0.4, 0.5) is 0 Å². The van der Waals surface area contributed by atoms with Gasteiger partial charge in [-0.3, -0.25) is 0 Å². The minimum absolute atomic E-state index is 0. The van der Waals surface area contributed by atoms with Gasteiger partial charge in [-0.2, -0.15) is 0 Å². The Morgan fingerprint density at radius 1 is 1.33 bits per heavy atom. The fourth-order valence-corrected chi connectivity index (χ4v) is 3.32. The molecule has 1 aromatic rings. The first-order valence-electron chi connectivity index (χ1n) is 6.24. The number of rotatable bonds is 2. The van der Waals surface area contributed by atoms with Crippen molar-refractivity contribution >= 4 is 0 Å². The molecule has 18 heavy (non-hydrogen) atoms. The van der Waals surface area contributed by atoms with E-state index in [1.54, 1.807) is 0 Å². The van der Waals surface area contributed by atoms with E-state index in [-0.39, 0.29) is 14.9 Å². The van der Waals surface area contributed by atoms with Gasteiger partial charge in [-0.25, -0.2) is 0 Å². The van der Waals surface area contributed by atoms with Crippen molar-refractivity contribution in [2.75, 3.05) is 0 Å². The molecule has 1 aliphatic rings. The maximum absolute atomic E-state index is 5.58. The highest BCUT2D eigenvalue weighted by atomic mass is 14.4. The Hall–Kier alpha value is -1.22. The Morgan fingerprint density at radius 2 is 2.00 bits per heavy atom. The van der Waals surface area contributed by atoms with Gasteiger partial charge in [0, 0.05) is 5.56 Å². The lowest BCUT2D eigenvalue weighted by Gasteiger charge is -2.33. The lowest BCUT2D eigenvalue weighted by molar-refractivity contribution is 0.294. The largest absolute Gasteiger partial charge is 0.115 e. The highest BCUT2D eigenvalue weighted by molar-refractivity contribution is 5.50. The summed E-state index contributed by atoms with van der Waals surface area (Å²) in [6.45, 7) is 6.97. The standard InChI is InChI=1S/C16H20.2CH4/c1-5-13-8-7-9-15-14(13)10-11-16(15,6-2)12(3)4;;/h1,7-9,12H,6,10-11H2,2-4H3;2*1H4. The Kier molecular flexibility index (Phi) is 5.68. The quantitative estimate of drug-likeness (QED) is 0.628. The summed E-state index contributed by atoms with van der Waals surface area (Å²) in [6.07, 6.45) is 9.21. The molecule has 0 aromatic heterocycles. The van der Waals surface area contributed by atoms with Crippen molar-refractivity contribution in [3.05, 3.63) is 34.9 Å². The Morgan fingerprint density at radius 3 is 2.50 bits per heavy atom. The van der Waals surface area contributed by atoms with Gasteiger partial charge in [0.1, 0.15) is 0 Å². The van der Waals surface area contributed by atoms with Gasteiger partial charge in [-0.15, -0.1) is 6.42 Å². The van der Waals surface area contributed by atoms with E-state index in [9.17, 15) is 0 Å². The molecule has 0 nitrogen and oxygen atoms in total. The van der Waals surface area contributed by atoms with E-state index in [4.69, 9.17) is 6.42 Å². The second-order valence-electron chi connectivity index (χ2n) is 5.14. The normalized spacial score (nSPS) is 20.6. The van der Waals surface area contributed by atoms with Crippen LogP contribution < -0.4 is 0 Å². The van der Waals surface area contributed by atoms with Crippen LogP contribution in [0.1, 0.15) is 65.2 Å². The molecule has 0 bridgehead atoms. The highest BCUT2D eigenvalue weighted by Crippen LogP contribution is 2.47. The summed E-state index contributed by atoms with van der Waals surface area (Å²) in [5.41, 5.74) is 4.41. The van der Waals surface area contributed by atoms with Crippen molar-refractivity contribution in [1.29, 1.82) is 0 Å². The third kappa shape index (κ3) is 2.19. The first-order valence-corrected chi connectivity index (χ1v) is 6.24. The molecule has 0 saturated heterocycles. The zero-order chi connectivity index (χ0) is 11.8. The number of benzene rings is 1. The maximum Gasteiger partial charge on any atom is 0.0277 e. The van der Waals surface area contributed by atoms with Crippen LogP contribution in [-0.4, -0.2) is 0 Å². The summed E-state index contributed by atoms with van der Waals surface area (Å²) in [5.74, 6) is 3.51. The molecule has 0 N–H and O–H groups in total. The molecule has 2 rings (SSSR count). The minimum atomic E-state index is 0.